The van der Waals surface area contributed by atoms with Gasteiger partial charge in [-0.05, 0) is 24.6 Å². The Morgan fingerprint density at radius 2 is 2.05 bits per heavy atom. The maximum Gasteiger partial charge on any atom is 0.336 e. The van der Waals surface area contributed by atoms with Crippen molar-refractivity contribution in [3.05, 3.63) is 51.7 Å². The topological polar surface area (TPSA) is 115 Å². The highest BCUT2D eigenvalue weighted by Gasteiger charge is 2.11. The van der Waals surface area contributed by atoms with Crippen molar-refractivity contribution in [2.45, 2.75) is 6.92 Å². The highest BCUT2D eigenvalue weighted by atomic mass is 16.4. The van der Waals surface area contributed by atoms with E-state index < -0.39 is 17.6 Å². The van der Waals surface area contributed by atoms with E-state index in [1.54, 1.807) is 19.1 Å². The number of benzene rings is 1. The Bertz CT molecular complexity index is 699. The van der Waals surface area contributed by atoms with Gasteiger partial charge in [0.15, 0.2) is 0 Å². The summed E-state index contributed by atoms with van der Waals surface area (Å²) in [5, 5.41) is 11.5. The molecule has 7 nitrogen and oxygen atoms in total. The summed E-state index contributed by atoms with van der Waals surface area (Å²) >= 11 is 0. The second-order valence-electron chi connectivity index (χ2n) is 3.95. The number of rotatable bonds is 3. The molecule has 7 heteroatoms. The number of carbonyl (C=O) groups excluding carboxylic acids is 1. The van der Waals surface area contributed by atoms with E-state index in [1.807, 2.05) is 0 Å². The van der Waals surface area contributed by atoms with E-state index in [0.29, 0.717) is 11.3 Å². The van der Waals surface area contributed by atoms with E-state index in [2.05, 4.69) is 15.3 Å². The molecule has 0 saturated carbocycles. The van der Waals surface area contributed by atoms with Crippen molar-refractivity contribution in [3.8, 4) is 0 Å². The van der Waals surface area contributed by atoms with Crippen LogP contribution < -0.4 is 11.0 Å². The molecule has 0 fully saturated rings. The number of anilines is 1. The van der Waals surface area contributed by atoms with Gasteiger partial charge in [0.2, 0.25) is 0 Å². The first-order valence-electron chi connectivity index (χ1n) is 5.40. The average Bonchev–Trinajstić information content (AvgIpc) is 2.78. The van der Waals surface area contributed by atoms with Gasteiger partial charge in [0.05, 0.1) is 5.56 Å². The molecule has 0 spiro atoms. The number of imidazole rings is 1. The first-order valence-corrected chi connectivity index (χ1v) is 5.40. The van der Waals surface area contributed by atoms with Crippen LogP contribution in [0.3, 0.4) is 0 Å². The van der Waals surface area contributed by atoms with Gasteiger partial charge in [0.25, 0.3) is 5.91 Å². The first kappa shape index (κ1) is 12.6. The average molecular weight is 261 g/mol. The van der Waals surface area contributed by atoms with Gasteiger partial charge < -0.3 is 20.4 Å². The minimum atomic E-state index is -1.07. The Morgan fingerprint density at radius 1 is 1.32 bits per heavy atom. The summed E-state index contributed by atoms with van der Waals surface area (Å²) in [6.07, 6.45) is 1.24. The molecule has 4 N–H and O–H groups in total. The van der Waals surface area contributed by atoms with Crippen LogP contribution in [0, 0.1) is 6.92 Å². The number of carbonyl (C=O) groups is 2. The third-order valence-corrected chi connectivity index (χ3v) is 2.57. The minimum Gasteiger partial charge on any atom is -0.478 e. The summed E-state index contributed by atoms with van der Waals surface area (Å²) in [6, 6.07) is 4.55. The predicted molar refractivity (Wildman–Crippen MR) is 67.5 cm³/mol. The van der Waals surface area contributed by atoms with Gasteiger partial charge in [0.1, 0.15) is 5.69 Å². The SMILES string of the molecule is Cc1ccc(NC(=O)c2c[nH]c(=O)[nH]2)cc1C(=O)O. The molecule has 0 atom stereocenters. The molecule has 0 aliphatic carbocycles. The number of aryl methyl sites for hydroxylation is 1. The van der Waals surface area contributed by atoms with Gasteiger partial charge in [-0.3, -0.25) is 4.79 Å². The largest absolute Gasteiger partial charge is 0.478 e. The number of H-pyrrole nitrogens is 2. The van der Waals surface area contributed by atoms with Crippen LogP contribution in [0.15, 0.2) is 29.2 Å². The molecule has 0 saturated heterocycles. The molecule has 19 heavy (non-hydrogen) atoms. The number of carboxylic acid groups (broad SMARTS) is 1. The molecule has 0 aliphatic heterocycles. The van der Waals surface area contributed by atoms with Crippen LogP contribution in [-0.4, -0.2) is 27.0 Å². The molecule has 1 amide bonds. The first-order chi connectivity index (χ1) is 8.97. The Kier molecular flexibility index (Phi) is 3.19. The highest BCUT2D eigenvalue weighted by Crippen LogP contribution is 2.15. The lowest BCUT2D eigenvalue weighted by atomic mass is 10.1. The monoisotopic (exact) mass is 261 g/mol. The number of hydrogen-bond acceptors (Lipinski definition) is 3. The second-order valence-corrected chi connectivity index (χ2v) is 3.95. The number of aromatic carboxylic acids is 1. The molecule has 0 bridgehead atoms. The van der Waals surface area contributed by atoms with Crippen LogP contribution in [-0.2, 0) is 0 Å². The normalized spacial score (nSPS) is 10.2. The maximum atomic E-state index is 11.7. The lowest BCUT2D eigenvalue weighted by Crippen LogP contribution is -2.14. The van der Waals surface area contributed by atoms with Crippen molar-refractivity contribution in [2.75, 3.05) is 5.32 Å². The van der Waals surface area contributed by atoms with Crippen molar-refractivity contribution in [1.82, 2.24) is 9.97 Å². The smallest absolute Gasteiger partial charge is 0.336 e. The van der Waals surface area contributed by atoms with Gasteiger partial charge in [-0.25, -0.2) is 9.59 Å². The van der Waals surface area contributed by atoms with Crippen LogP contribution in [0.25, 0.3) is 0 Å². The van der Waals surface area contributed by atoms with Gasteiger partial charge in [-0.15, -0.1) is 0 Å². The number of amides is 1. The van der Waals surface area contributed by atoms with Crippen molar-refractivity contribution in [1.29, 1.82) is 0 Å². The quantitative estimate of drug-likeness (QED) is 0.658. The number of hydrogen-bond donors (Lipinski definition) is 4. The summed E-state index contributed by atoms with van der Waals surface area (Å²) < 4.78 is 0. The molecule has 98 valence electrons. The Balaban J connectivity index is 2.24. The van der Waals surface area contributed by atoms with E-state index in [4.69, 9.17) is 5.11 Å². The van der Waals surface area contributed by atoms with Gasteiger partial charge in [-0.2, -0.15) is 0 Å². The lowest BCUT2D eigenvalue weighted by molar-refractivity contribution is 0.0695. The molecule has 1 aromatic carbocycles. The molecule has 1 aromatic heterocycles. The third-order valence-electron chi connectivity index (χ3n) is 2.57. The predicted octanol–water partition coefficient (Wildman–Crippen LogP) is 0.962. The van der Waals surface area contributed by atoms with Crippen molar-refractivity contribution in [2.24, 2.45) is 0 Å². The number of nitrogens with one attached hydrogen (secondary N) is 3. The highest BCUT2D eigenvalue weighted by molar-refractivity contribution is 6.03. The van der Waals surface area contributed by atoms with Crippen LogP contribution in [0.4, 0.5) is 5.69 Å². The molecular formula is C12H11N3O4. The Hall–Kier alpha value is -2.83. The molecule has 1 heterocycles. The molecule has 0 aliphatic rings. The zero-order valence-electron chi connectivity index (χ0n) is 9.98. The summed E-state index contributed by atoms with van der Waals surface area (Å²) in [5.41, 5.74) is 0.638. The molecule has 2 rings (SSSR count). The summed E-state index contributed by atoms with van der Waals surface area (Å²) in [6.45, 7) is 1.67. The third kappa shape index (κ3) is 2.71. The zero-order valence-corrected chi connectivity index (χ0v) is 9.98. The van der Waals surface area contributed by atoms with E-state index >= 15 is 0 Å². The zero-order chi connectivity index (χ0) is 14.0. The lowest BCUT2D eigenvalue weighted by Gasteiger charge is -2.06. The summed E-state index contributed by atoms with van der Waals surface area (Å²) in [4.78, 5) is 38.2. The molecular weight excluding hydrogens is 250 g/mol. The van der Waals surface area contributed by atoms with E-state index in [-0.39, 0.29) is 11.3 Å². The summed E-state index contributed by atoms with van der Waals surface area (Å²) in [7, 11) is 0. The Labute approximate surface area is 107 Å². The molecule has 2 aromatic rings. The van der Waals surface area contributed by atoms with E-state index in [0.717, 1.165) is 0 Å². The fourth-order valence-electron chi connectivity index (χ4n) is 1.58. The second kappa shape index (κ2) is 4.81. The molecule has 0 unspecified atom stereocenters. The van der Waals surface area contributed by atoms with Crippen molar-refractivity contribution < 1.29 is 14.7 Å². The standard InChI is InChI=1S/C12H11N3O4/c1-6-2-3-7(4-8(6)11(17)18)14-10(16)9-5-13-12(19)15-9/h2-5H,1H3,(H,14,16)(H,17,18)(H2,13,15,19). The van der Waals surface area contributed by atoms with Gasteiger partial charge >= 0.3 is 11.7 Å². The summed E-state index contributed by atoms with van der Waals surface area (Å²) in [5.74, 6) is -1.60. The number of aromatic amines is 2. The number of aromatic nitrogens is 2. The molecule has 0 radical (unpaired) electrons. The number of carboxylic acids is 1. The van der Waals surface area contributed by atoms with E-state index in [1.165, 1.54) is 12.3 Å². The van der Waals surface area contributed by atoms with Crippen LogP contribution >= 0.6 is 0 Å². The van der Waals surface area contributed by atoms with Crippen molar-refractivity contribution in [3.63, 3.8) is 0 Å². The van der Waals surface area contributed by atoms with Gasteiger partial charge in [0, 0.05) is 11.9 Å². The Morgan fingerprint density at radius 3 is 2.63 bits per heavy atom. The fraction of sp³-hybridized carbons (Fsp3) is 0.0833. The maximum absolute atomic E-state index is 11.7. The minimum absolute atomic E-state index is 0.0717. The van der Waals surface area contributed by atoms with Gasteiger partial charge in [-0.1, -0.05) is 6.07 Å². The van der Waals surface area contributed by atoms with Crippen LogP contribution in [0.5, 0.6) is 0 Å². The van der Waals surface area contributed by atoms with Crippen molar-refractivity contribution >= 4 is 17.6 Å². The van der Waals surface area contributed by atoms with Crippen LogP contribution in [0.1, 0.15) is 26.4 Å². The van der Waals surface area contributed by atoms with Crippen LogP contribution in [0.2, 0.25) is 0 Å². The van der Waals surface area contributed by atoms with E-state index in [9.17, 15) is 14.4 Å². The fourth-order valence-corrected chi connectivity index (χ4v) is 1.58.